The molecule has 0 saturated carbocycles. The van der Waals surface area contributed by atoms with Crippen molar-refractivity contribution >= 4 is 12.1 Å². The van der Waals surface area contributed by atoms with Crippen LogP contribution in [0.1, 0.15) is 0 Å². The van der Waals surface area contributed by atoms with Gasteiger partial charge in [0.15, 0.2) is 0 Å². The van der Waals surface area contributed by atoms with Crippen molar-refractivity contribution in [2.24, 2.45) is 0 Å². The van der Waals surface area contributed by atoms with Gasteiger partial charge in [0.25, 0.3) is 0 Å². The number of ether oxygens (including phenoxy) is 1. The maximum absolute atomic E-state index is 10.2. The molecule has 1 rings (SSSR count). The maximum atomic E-state index is 10.2. The van der Waals surface area contributed by atoms with Crippen LogP contribution < -0.4 is 10.1 Å². The van der Waals surface area contributed by atoms with E-state index >= 15 is 0 Å². The van der Waals surface area contributed by atoms with E-state index < -0.39 is 0 Å². The Bertz CT molecular complexity index is 328. The van der Waals surface area contributed by atoms with Crippen molar-refractivity contribution in [2.45, 2.75) is 0 Å². The minimum Gasteiger partial charge on any atom is -0.479 e. The molecule has 1 N–H and O–H groups in total. The molecule has 0 unspecified atom stereocenters. The monoisotopic (exact) mass is 175 g/mol. The van der Waals surface area contributed by atoms with Gasteiger partial charge in [-0.1, -0.05) is 18.1 Å². The lowest BCUT2D eigenvalue weighted by atomic mass is 10.3. The second-order valence-corrected chi connectivity index (χ2v) is 2.25. The Morgan fingerprint density at radius 2 is 2.31 bits per heavy atom. The van der Waals surface area contributed by atoms with Gasteiger partial charge in [-0.25, -0.2) is 0 Å². The summed E-state index contributed by atoms with van der Waals surface area (Å²) in [5, 5.41) is 2.51. The fourth-order valence-electron chi connectivity index (χ4n) is 0.895. The Morgan fingerprint density at radius 3 is 3.00 bits per heavy atom. The maximum Gasteiger partial charge on any atom is 0.211 e. The molecule has 0 saturated heterocycles. The van der Waals surface area contributed by atoms with Crippen molar-refractivity contribution in [3.8, 4) is 18.1 Å². The Kier molecular flexibility index (Phi) is 3.40. The lowest BCUT2D eigenvalue weighted by Crippen LogP contribution is -2.00. The molecule has 3 nitrogen and oxygen atoms in total. The van der Waals surface area contributed by atoms with Crippen LogP contribution in [-0.2, 0) is 4.79 Å². The predicted octanol–water partition coefficient (Wildman–Crippen LogP) is 1.27. The molecule has 0 aliphatic rings. The van der Waals surface area contributed by atoms with Crippen molar-refractivity contribution in [2.75, 3.05) is 11.9 Å². The summed E-state index contributed by atoms with van der Waals surface area (Å²) in [6.07, 6.45) is 5.63. The number of hydrogen-bond donors (Lipinski definition) is 1. The number of carbonyl (C=O) groups is 1. The summed E-state index contributed by atoms with van der Waals surface area (Å²) in [6.45, 7) is 0.192. The molecule has 0 heterocycles. The van der Waals surface area contributed by atoms with Crippen LogP contribution in [0.4, 0.5) is 5.69 Å². The normalized spacial score (nSPS) is 8.54. The molecule has 0 aliphatic heterocycles. The first-order valence-electron chi connectivity index (χ1n) is 3.74. The zero-order valence-electron chi connectivity index (χ0n) is 6.99. The molecule has 0 bridgehead atoms. The quantitative estimate of drug-likeness (QED) is 0.552. The van der Waals surface area contributed by atoms with Crippen molar-refractivity contribution in [3.05, 3.63) is 24.3 Å². The summed E-state index contributed by atoms with van der Waals surface area (Å²) < 4.78 is 5.18. The van der Waals surface area contributed by atoms with Gasteiger partial charge < -0.3 is 10.1 Å². The summed E-state index contributed by atoms with van der Waals surface area (Å²) in [4.78, 5) is 10.2. The summed E-state index contributed by atoms with van der Waals surface area (Å²) in [6, 6.07) is 7.08. The highest BCUT2D eigenvalue weighted by Gasteiger charge is 1.99. The Labute approximate surface area is 76.7 Å². The second-order valence-electron chi connectivity index (χ2n) is 2.25. The SMILES string of the molecule is C#CCOc1ccccc1NC=O. The fourth-order valence-corrected chi connectivity index (χ4v) is 0.895. The number of carbonyl (C=O) groups excluding carboxylic acids is 1. The van der Waals surface area contributed by atoms with Crippen LogP contribution in [-0.4, -0.2) is 13.0 Å². The number of nitrogens with one attached hydrogen (secondary N) is 1. The third kappa shape index (κ3) is 2.53. The van der Waals surface area contributed by atoms with Gasteiger partial charge in [-0.15, -0.1) is 6.42 Å². The minimum atomic E-state index is 0.192. The van der Waals surface area contributed by atoms with E-state index in [1.807, 2.05) is 6.07 Å². The lowest BCUT2D eigenvalue weighted by molar-refractivity contribution is -0.105. The highest BCUT2D eigenvalue weighted by atomic mass is 16.5. The molecule has 0 aromatic heterocycles. The first-order valence-corrected chi connectivity index (χ1v) is 3.74. The number of anilines is 1. The van der Waals surface area contributed by atoms with Gasteiger partial charge >= 0.3 is 0 Å². The Morgan fingerprint density at radius 1 is 1.54 bits per heavy atom. The molecule has 0 fully saturated rings. The summed E-state index contributed by atoms with van der Waals surface area (Å²) in [5.74, 6) is 2.92. The molecule has 0 spiro atoms. The van der Waals surface area contributed by atoms with E-state index in [9.17, 15) is 4.79 Å². The number of terminal acetylenes is 1. The number of rotatable bonds is 4. The molecule has 0 aliphatic carbocycles. The third-order valence-electron chi connectivity index (χ3n) is 1.41. The van der Waals surface area contributed by atoms with Gasteiger partial charge in [-0.05, 0) is 12.1 Å². The van der Waals surface area contributed by atoms with Gasteiger partial charge in [0.2, 0.25) is 6.41 Å². The van der Waals surface area contributed by atoms with Gasteiger partial charge in [0.05, 0.1) is 5.69 Å². The van der Waals surface area contributed by atoms with E-state index in [2.05, 4.69) is 11.2 Å². The number of para-hydroxylation sites is 2. The highest BCUT2D eigenvalue weighted by Crippen LogP contribution is 2.22. The van der Waals surface area contributed by atoms with Crippen molar-refractivity contribution in [1.82, 2.24) is 0 Å². The van der Waals surface area contributed by atoms with Crippen LogP contribution >= 0.6 is 0 Å². The van der Waals surface area contributed by atoms with Crippen LogP contribution in [0.25, 0.3) is 0 Å². The van der Waals surface area contributed by atoms with Crippen LogP contribution in [0.15, 0.2) is 24.3 Å². The van der Waals surface area contributed by atoms with Crippen LogP contribution in [0, 0.1) is 12.3 Å². The first kappa shape index (κ1) is 9.14. The zero-order valence-corrected chi connectivity index (χ0v) is 6.99. The molecule has 66 valence electrons. The molecule has 3 heteroatoms. The smallest absolute Gasteiger partial charge is 0.211 e. The molecule has 0 radical (unpaired) electrons. The average Bonchev–Trinajstić information content (AvgIpc) is 2.17. The van der Waals surface area contributed by atoms with Gasteiger partial charge in [0, 0.05) is 0 Å². The molecule has 0 atom stereocenters. The van der Waals surface area contributed by atoms with Crippen molar-refractivity contribution in [1.29, 1.82) is 0 Å². The number of amides is 1. The number of benzene rings is 1. The summed E-state index contributed by atoms with van der Waals surface area (Å²) in [7, 11) is 0. The van der Waals surface area contributed by atoms with Crippen molar-refractivity contribution < 1.29 is 9.53 Å². The fraction of sp³-hybridized carbons (Fsp3) is 0.100. The van der Waals surface area contributed by atoms with E-state index in [4.69, 9.17) is 11.2 Å². The molecule has 1 aromatic rings. The van der Waals surface area contributed by atoms with E-state index in [1.54, 1.807) is 18.2 Å². The Hall–Kier alpha value is -1.95. The van der Waals surface area contributed by atoms with Crippen LogP contribution in [0.5, 0.6) is 5.75 Å². The highest BCUT2D eigenvalue weighted by molar-refractivity contribution is 5.75. The van der Waals surface area contributed by atoms with E-state index in [1.165, 1.54) is 0 Å². The van der Waals surface area contributed by atoms with Crippen molar-refractivity contribution in [3.63, 3.8) is 0 Å². The summed E-state index contributed by atoms with van der Waals surface area (Å²) in [5.41, 5.74) is 0.618. The topological polar surface area (TPSA) is 38.3 Å². The molecular weight excluding hydrogens is 166 g/mol. The standard InChI is InChI=1S/C10H9NO2/c1-2-7-13-10-6-4-3-5-9(10)11-8-12/h1,3-6,8H,7H2,(H,11,12). The number of hydrogen-bond acceptors (Lipinski definition) is 2. The molecule has 13 heavy (non-hydrogen) atoms. The summed E-state index contributed by atoms with van der Waals surface area (Å²) >= 11 is 0. The zero-order chi connectivity index (χ0) is 9.52. The van der Waals surface area contributed by atoms with Crippen LogP contribution in [0.3, 0.4) is 0 Å². The van der Waals surface area contributed by atoms with E-state index in [-0.39, 0.29) is 6.61 Å². The largest absolute Gasteiger partial charge is 0.479 e. The first-order chi connectivity index (χ1) is 6.38. The van der Waals surface area contributed by atoms with Crippen LogP contribution in [0.2, 0.25) is 0 Å². The Balaban J connectivity index is 2.78. The lowest BCUT2D eigenvalue weighted by Gasteiger charge is -2.06. The predicted molar refractivity (Wildman–Crippen MR) is 50.5 cm³/mol. The minimum absolute atomic E-state index is 0.192. The van der Waals surface area contributed by atoms with E-state index in [0.717, 1.165) is 0 Å². The molecular formula is C10H9NO2. The van der Waals surface area contributed by atoms with Gasteiger partial charge in [-0.2, -0.15) is 0 Å². The van der Waals surface area contributed by atoms with E-state index in [0.29, 0.717) is 17.8 Å². The average molecular weight is 175 g/mol. The third-order valence-corrected chi connectivity index (χ3v) is 1.41. The molecule has 1 amide bonds. The van der Waals surface area contributed by atoms with Gasteiger partial charge in [-0.3, -0.25) is 4.79 Å². The second kappa shape index (κ2) is 4.83. The molecule has 1 aromatic carbocycles. The van der Waals surface area contributed by atoms with Gasteiger partial charge in [0.1, 0.15) is 12.4 Å².